The SMILES string of the molecule is CC(C)(CO)NCCOc1ccc([N+](=O)[O-])cc1. The third-order valence-electron chi connectivity index (χ3n) is 2.42. The van der Waals surface area contributed by atoms with Gasteiger partial charge >= 0.3 is 0 Å². The lowest BCUT2D eigenvalue weighted by Gasteiger charge is -2.23. The summed E-state index contributed by atoms with van der Waals surface area (Å²) in [5.74, 6) is 0.587. The molecule has 0 aliphatic carbocycles. The summed E-state index contributed by atoms with van der Waals surface area (Å²) >= 11 is 0. The van der Waals surface area contributed by atoms with Crippen molar-refractivity contribution in [1.82, 2.24) is 5.32 Å². The van der Waals surface area contributed by atoms with Crippen molar-refractivity contribution < 1.29 is 14.8 Å². The Kier molecular flexibility index (Phi) is 5.06. The van der Waals surface area contributed by atoms with Crippen LogP contribution >= 0.6 is 0 Å². The van der Waals surface area contributed by atoms with Crippen molar-refractivity contribution in [3.63, 3.8) is 0 Å². The number of hydrogen-bond donors (Lipinski definition) is 2. The summed E-state index contributed by atoms with van der Waals surface area (Å²) in [5.41, 5.74) is -0.291. The van der Waals surface area contributed by atoms with E-state index in [9.17, 15) is 10.1 Å². The van der Waals surface area contributed by atoms with Crippen LogP contribution in [0.4, 0.5) is 5.69 Å². The molecule has 2 N–H and O–H groups in total. The fourth-order valence-electron chi connectivity index (χ4n) is 1.28. The van der Waals surface area contributed by atoms with Crippen LogP contribution in [0, 0.1) is 10.1 Å². The molecule has 0 aliphatic heterocycles. The number of rotatable bonds is 7. The van der Waals surface area contributed by atoms with Crippen LogP contribution in [0.25, 0.3) is 0 Å². The van der Waals surface area contributed by atoms with Crippen LogP contribution < -0.4 is 10.1 Å². The standard InChI is InChI=1S/C12H18N2O4/c1-12(2,9-15)13-7-8-18-11-5-3-10(4-6-11)14(16)17/h3-6,13,15H,7-9H2,1-2H3. The summed E-state index contributed by atoms with van der Waals surface area (Å²) in [7, 11) is 0. The average Bonchev–Trinajstić information content (AvgIpc) is 2.35. The van der Waals surface area contributed by atoms with Gasteiger partial charge < -0.3 is 15.2 Å². The quantitative estimate of drug-likeness (QED) is 0.435. The van der Waals surface area contributed by atoms with E-state index in [4.69, 9.17) is 9.84 Å². The topological polar surface area (TPSA) is 84.6 Å². The van der Waals surface area contributed by atoms with Gasteiger partial charge in [0, 0.05) is 24.2 Å². The van der Waals surface area contributed by atoms with Crippen molar-refractivity contribution in [3.05, 3.63) is 34.4 Å². The fraction of sp³-hybridized carbons (Fsp3) is 0.500. The molecular weight excluding hydrogens is 236 g/mol. The average molecular weight is 254 g/mol. The molecule has 1 aromatic rings. The van der Waals surface area contributed by atoms with E-state index in [1.807, 2.05) is 13.8 Å². The molecule has 0 heterocycles. The number of ether oxygens (including phenoxy) is 1. The highest BCUT2D eigenvalue weighted by molar-refractivity contribution is 5.35. The first-order valence-electron chi connectivity index (χ1n) is 5.68. The predicted octanol–water partition coefficient (Wildman–Crippen LogP) is 1.33. The number of nitrogens with zero attached hydrogens (tertiary/aromatic N) is 1. The van der Waals surface area contributed by atoms with E-state index in [1.54, 1.807) is 12.1 Å². The Morgan fingerprint density at radius 2 is 2.00 bits per heavy atom. The molecule has 100 valence electrons. The Morgan fingerprint density at radius 3 is 2.50 bits per heavy atom. The van der Waals surface area contributed by atoms with Crippen molar-refractivity contribution in [2.24, 2.45) is 0 Å². The molecule has 0 spiro atoms. The molecule has 1 aromatic carbocycles. The Labute approximate surface area is 106 Å². The Morgan fingerprint density at radius 1 is 1.39 bits per heavy atom. The molecule has 0 fully saturated rings. The Balaban J connectivity index is 2.34. The highest BCUT2D eigenvalue weighted by Gasteiger charge is 2.14. The second-order valence-corrected chi connectivity index (χ2v) is 4.57. The van der Waals surface area contributed by atoms with Gasteiger partial charge in [-0.25, -0.2) is 0 Å². The second-order valence-electron chi connectivity index (χ2n) is 4.57. The van der Waals surface area contributed by atoms with E-state index in [0.717, 1.165) is 0 Å². The lowest BCUT2D eigenvalue weighted by atomic mass is 10.1. The molecule has 6 heteroatoms. The molecule has 0 atom stereocenters. The number of hydrogen-bond acceptors (Lipinski definition) is 5. The predicted molar refractivity (Wildman–Crippen MR) is 67.8 cm³/mol. The zero-order valence-corrected chi connectivity index (χ0v) is 10.5. The highest BCUT2D eigenvalue weighted by Crippen LogP contribution is 2.16. The summed E-state index contributed by atoms with van der Waals surface area (Å²) in [6.45, 7) is 4.84. The molecule has 0 saturated carbocycles. The number of benzene rings is 1. The van der Waals surface area contributed by atoms with E-state index in [2.05, 4.69) is 5.32 Å². The molecule has 0 bridgehead atoms. The van der Waals surface area contributed by atoms with E-state index in [0.29, 0.717) is 18.9 Å². The normalized spacial score (nSPS) is 11.3. The van der Waals surface area contributed by atoms with Gasteiger partial charge in [-0.3, -0.25) is 10.1 Å². The maximum atomic E-state index is 10.4. The first-order valence-corrected chi connectivity index (χ1v) is 5.68. The molecule has 0 amide bonds. The number of nitro benzene ring substituents is 1. The van der Waals surface area contributed by atoms with Gasteiger partial charge in [0.1, 0.15) is 12.4 Å². The third kappa shape index (κ3) is 4.68. The van der Waals surface area contributed by atoms with Crippen LogP contribution in [-0.2, 0) is 0 Å². The van der Waals surface area contributed by atoms with E-state index < -0.39 is 4.92 Å². The second kappa shape index (κ2) is 6.32. The van der Waals surface area contributed by atoms with Crippen molar-refractivity contribution in [3.8, 4) is 5.75 Å². The third-order valence-corrected chi connectivity index (χ3v) is 2.42. The molecular formula is C12H18N2O4. The van der Waals surface area contributed by atoms with Gasteiger partial charge in [0.05, 0.1) is 11.5 Å². The van der Waals surface area contributed by atoms with Crippen LogP contribution in [0.5, 0.6) is 5.75 Å². The first kappa shape index (κ1) is 14.4. The molecule has 1 rings (SSSR count). The molecule has 0 unspecified atom stereocenters. The molecule has 0 saturated heterocycles. The molecule has 0 aliphatic rings. The van der Waals surface area contributed by atoms with Crippen molar-refractivity contribution in [2.75, 3.05) is 19.8 Å². The summed E-state index contributed by atoms with van der Waals surface area (Å²) < 4.78 is 5.41. The molecule has 0 radical (unpaired) electrons. The van der Waals surface area contributed by atoms with Crippen LogP contribution in [0.3, 0.4) is 0 Å². The summed E-state index contributed by atoms with van der Waals surface area (Å²) in [6.07, 6.45) is 0. The minimum Gasteiger partial charge on any atom is -0.492 e. The zero-order valence-electron chi connectivity index (χ0n) is 10.5. The zero-order chi connectivity index (χ0) is 13.6. The van der Waals surface area contributed by atoms with Crippen molar-refractivity contribution >= 4 is 5.69 Å². The Hall–Kier alpha value is -1.66. The van der Waals surface area contributed by atoms with Crippen molar-refractivity contribution in [2.45, 2.75) is 19.4 Å². The van der Waals surface area contributed by atoms with Crippen LogP contribution in [-0.4, -0.2) is 35.3 Å². The van der Waals surface area contributed by atoms with Crippen molar-refractivity contribution in [1.29, 1.82) is 0 Å². The minimum atomic E-state index is -0.449. The largest absolute Gasteiger partial charge is 0.492 e. The maximum Gasteiger partial charge on any atom is 0.269 e. The summed E-state index contributed by atoms with van der Waals surface area (Å²) in [4.78, 5) is 10.00. The molecule has 0 aromatic heterocycles. The summed E-state index contributed by atoms with van der Waals surface area (Å²) in [6, 6.07) is 5.94. The van der Waals surface area contributed by atoms with Gasteiger partial charge in [-0.1, -0.05) is 0 Å². The smallest absolute Gasteiger partial charge is 0.269 e. The van der Waals surface area contributed by atoms with E-state index >= 15 is 0 Å². The number of nitrogens with one attached hydrogen (secondary N) is 1. The van der Waals surface area contributed by atoms with Gasteiger partial charge in [-0.05, 0) is 26.0 Å². The molecule has 18 heavy (non-hydrogen) atoms. The maximum absolute atomic E-state index is 10.4. The monoisotopic (exact) mass is 254 g/mol. The van der Waals surface area contributed by atoms with Gasteiger partial charge in [0.15, 0.2) is 0 Å². The highest BCUT2D eigenvalue weighted by atomic mass is 16.6. The Bertz CT molecular complexity index is 390. The van der Waals surface area contributed by atoms with Crippen LogP contribution in [0.1, 0.15) is 13.8 Å². The van der Waals surface area contributed by atoms with E-state index in [1.165, 1.54) is 12.1 Å². The molecule has 6 nitrogen and oxygen atoms in total. The number of non-ortho nitro benzene ring substituents is 1. The van der Waals surface area contributed by atoms with Gasteiger partial charge in [0.25, 0.3) is 5.69 Å². The lowest BCUT2D eigenvalue weighted by molar-refractivity contribution is -0.384. The number of aliphatic hydroxyl groups excluding tert-OH is 1. The number of nitro groups is 1. The van der Waals surface area contributed by atoms with E-state index in [-0.39, 0.29) is 17.8 Å². The minimum absolute atomic E-state index is 0.0434. The van der Waals surface area contributed by atoms with Crippen LogP contribution in [0.15, 0.2) is 24.3 Å². The first-order chi connectivity index (χ1) is 8.44. The van der Waals surface area contributed by atoms with Gasteiger partial charge in [-0.15, -0.1) is 0 Å². The lowest BCUT2D eigenvalue weighted by Crippen LogP contribution is -2.44. The number of aliphatic hydroxyl groups is 1. The fourth-order valence-corrected chi connectivity index (χ4v) is 1.28. The van der Waals surface area contributed by atoms with Gasteiger partial charge in [0.2, 0.25) is 0 Å². The summed E-state index contributed by atoms with van der Waals surface area (Å²) in [5, 5.41) is 22.6. The van der Waals surface area contributed by atoms with Crippen LogP contribution in [0.2, 0.25) is 0 Å². The van der Waals surface area contributed by atoms with Gasteiger partial charge in [-0.2, -0.15) is 0 Å².